The van der Waals surface area contributed by atoms with Gasteiger partial charge in [-0.1, -0.05) is 0 Å². The average molecular weight is 421 g/mol. The zero-order valence-corrected chi connectivity index (χ0v) is 18.7. The number of nitrogens with one attached hydrogen (secondary N) is 1. The number of rotatable bonds is 3. The molecule has 2 bridgehead atoms. The molecule has 0 atom stereocenters. The van der Waals surface area contributed by atoms with Crippen LogP contribution in [0.5, 0.6) is 0 Å². The predicted molar refractivity (Wildman–Crippen MR) is 116 cm³/mol. The summed E-state index contributed by atoms with van der Waals surface area (Å²) in [5, 5.41) is 4.80. The zero-order valence-electron chi connectivity index (χ0n) is 18.7. The van der Waals surface area contributed by atoms with Crippen LogP contribution in [0, 0.1) is 6.92 Å². The molecule has 7 heteroatoms. The zero-order chi connectivity index (χ0) is 22.6. The lowest BCUT2D eigenvalue weighted by molar-refractivity contribution is -0.191. The second-order valence-electron chi connectivity index (χ2n) is 10.2. The standard InChI is InChI=1S/C23H28N4O.CO2/c1-15-8-16-6-7-27(19(16)24-10-15)20(28)18-9-17(11-26(18)5)22-12-23(13-22,14-22)25-21(2,3)4;2-1-3/h6-11,25H,12-14H2,1-5H3;. The molecule has 0 aromatic carbocycles. The molecule has 3 aromatic rings. The summed E-state index contributed by atoms with van der Waals surface area (Å²) in [5.74, 6) is -0.0192. The number of carbonyl (C=O) groups is 1. The Balaban J connectivity index is 0.000000730. The average Bonchev–Trinajstić information content (AvgIpc) is 3.19. The molecule has 0 spiro atoms. The Morgan fingerprint density at radius 1 is 1.19 bits per heavy atom. The molecule has 6 rings (SSSR count). The summed E-state index contributed by atoms with van der Waals surface area (Å²) in [4.78, 5) is 34.0. The van der Waals surface area contributed by atoms with Crippen LogP contribution in [0.15, 0.2) is 36.8 Å². The molecule has 7 nitrogen and oxygen atoms in total. The van der Waals surface area contributed by atoms with Crippen LogP contribution in [-0.2, 0) is 22.1 Å². The van der Waals surface area contributed by atoms with Gasteiger partial charge in [-0.05, 0) is 76.3 Å². The number of hydrogen-bond acceptors (Lipinski definition) is 5. The van der Waals surface area contributed by atoms with Crippen molar-refractivity contribution >= 4 is 23.1 Å². The quantitative estimate of drug-likeness (QED) is 0.702. The van der Waals surface area contributed by atoms with E-state index in [0.29, 0.717) is 5.54 Å². The van der Waals surface area contributed by atoms with Crippen molar-refractivity contribution in [3.05, 3.63) is 53.6 Å². The van der Waals surface area contributed by atoms with E-state index in [-0.39, 0.29) is 23.0 Å². The van der Waals surface area contributed by atoms with Crippen molar-refractivity contribution in [2.24, 2.45) is 7.05 Å². The van der Waals surface area contributed by atoms with E-state index in [1.807, 2.05) is 37.0 Å². The summed E-state index contributed by atoms with van der Waals surface area (Å²) in [7, 11) is 1.97. The summed E-state index contributed by atoms with van der Waals surface area (Å²) in [6.07, 6.45) is 9.55. The molecule has 0 unspecified atom stereocenters. The Morgan fingerprint density at radius 3 is 2.45 bits per heavy atom. The highest BCUT2D eigenvalue weighted by Gasteiger charge is 2.69. The largest absolute Gasteiger partial charge is 0.373 e. The first-order chi connectivity index (χ1) is 14.5. The third-order valence-electron chi connectivity index (χ3n) is 6.39. The van der Waals surface area contributed by atoms with Crippen molar-refractivity contribution in [2.45, 2.75) is 63.5 Å². The van der Waals surface area contributed by atoms with Gasteiger partial charge in [0.25, 0.3) is 5.91 Å². The first kappa shape index (κ1) is 21.2. The van der Waals surface area contributed by atoms with Crippen LogP contribution < -0.4 is 5.32 Å². The number of pyridine rings is 1. The Morgan fingerprint density at radius 2 is 1.84 bits per heavy atom. The minimum absolute atomic E-state index is 0.0192. The van der Waals surface area contributed by atoms with Gasteiger partial charge in [0.2, 0.25) is 0 Å². The lowest BCUT2D eigenvalue weighted by atomic mass is 9.37. The van der Waals surface area contributed by atoms with E-state index in [1.165, 1.54) is 24.8 Å². The van der Waals surface area contributed by atoms with Crippen molar-refractivity contribution in [2.75, 3.05) is 0 Å². The van der Waals surface area contributed by atoms with Crippen LogP contribution in [0.1, 0.15) is 61.6 Å². The highest BCUT2D eigenvalue weighted by atomic mass is 16.2. The van der Waals surface area contributed by atoms with Crippen LogP contribution in [0.25, 0.3) is 11.0 Å². The third kappa shape index (κ3) is 3.54. The van der Waals surface area contributed by atoms with E-state index in [1.54, 1.807) is 4.57 Å². The molecule has 3 aliphatic carbocycles. The van der Waals surface area contributed by atoms with Gasteiger partial charge in [-0.25, -0.2) is 4.98 Å². The van der Waals surface area contributed by atoms with Crippen molar-refractivity contribution in [3.8, 4) is 0 Å². The predicted octanol–water partition coefficient (Wildman–Crippen LogP) is 3.35. The minimum atomic E-state index is -0.0192. The lowest BCUT2D eigenvalue weighted by Gasteiger charge is -2.72. The summed E-state index contributed by atoms with van der Waals surface area (Å²) in [6, 6.07) is 6.12. The molecular weight excluding hydrogens is 392 g/mol. The number of aromatic nitrogens is 3. The number of aryl methyl sites for hydroxylation is 2. The van der Waals surface area contributed by atoms with Gasteiger partial charge in [0.1, 0.15) is 11.3 Å². The van der Waals surface area contributed by atoms with Crippen molar-refractivity contribution in [1.29, 1.82) is 0 Å². The van der Waals surface area contributed by atoms with Gasteiger partial charge in [0, 0.05) is 47.5 Å². The topological polar surface area (TPSA) is 86.0 Å². The summed E-state index contributed by atoms with van der Waals surface area (Å²) in [6.45, 7) is 8.71. The maximum Gasteiger partial charge on any atom is 0.373 e. The number of carbonyl (C=O) groups excluding carboxylic acids is 3. The van der Waals surface area contributed by atoms with Crippen LogP contribution in [0.4, 0.5) is 0 Å². The van der Waals surface area contributed by atoms with Gasteiger partial charge in [-0.3, -0.25) is 9.36 Å². The van der Waals surface area contributed by atoms with Gasteiger partial charge in [-0.2, -0.15) is 9.59 Å². The Labute approximate surface area is 181 Å². The second kappa shape index (κ2) is 7.01. The SMILES string of the molecule is Cc1cnc2c(ccn2C(=O)c2cc(C34CC(NC(C)(C)C)(C3)C4)cn2C)c1.O=C=O. The van der Waals surface area contributed by atoms with E-state index in [9.17, 15) is 4.79 Å². The molecule has 3 aliphatic rings. The maximum atomic E-state index is 13.2. The fourth-order valence-corrected chi connectivity index (χ4v) is 5.51. The molecule has 0 saturated heterocycles. The molecule has 1 N–H and O–H groups in total. The lowest BCUT2D eigenvalue weighted by Crippen LogP contribution is -2.78. The van der Waals surface area contributed by atoms with E-state index in [0.717, 1.165) is 22.3 Å². The van der Waals surface area contributed by atoms with Gasteiger partial charge >= 0.3 is 6.15 Å². The molecule has 0 amide bonds. The highest BCUT2D eigenvalue weighted by Crippen LogP contribution is 2.68. The third-order valence-corrected chi connectivity index (χ3v) is 6.39. The van der Waals surface area contributed by atoms with E-state index < -0.39 is 0 Å². The number of nitrogens with zero attached hydrogens (tertiary/aromatic N) is 3. The Bertz CT molecular complexity index is 1190. The first-order valence-corrected chi connectivity index (χ1v) is 10.5. The molecular formula is C24H28N4O3. The van der Waals surface area contributed by atoms with Crippen molar-refractivity contribution in [1.82, 2.24) is 19.4 Å². The molecule has 0 radical (unpaired) electrons. The van der Waals surface area contributed by atoms with Crippen molar-refractivity contribution in [3.63, 3.8) is 0 Å². The summed E-state index contributed by atoms with van der Waals surface area (Å²) >= 11 is 0. The molecule has 3 aromatic heterocycles. The van der Waals surface area contributed by atoms with Gasteiger partial charge in [0.15, 0.2) is 0 Å². The molecule has 3 heterocycles. The van der Waals surface area contributed by atoms with Crippen LogP contribution >= 0.6 is 0 Å². The molecule has 31 heavy (non-hydrogen) atoms. The normalized spacial score (nSPS) is 23.9. The van der Waals surface area contributed by atoms with Gasteiger partial charge in [0.05, 0.1) is 0 Å². The number of fused-ring (bicyclic) bond motifs is 1. The smallest absolute Gasteiger partial charge is 0.346 e. The monoisotopic (exact) mass is 420 g/mol. The minimum Gasteiger partial charge on any atom is -0.346 e. The first-order valence-electron chi connectivity index (χ1n) is 10.5. The van der Waals surface area contributed by atoms with Gasteiger partial charge in [-0.15, -0.1) is 0 Å². The fourth-order valence-electron chi connectivity index (χ4n) is 5.51. The Kier molecular flexibility index (Phi) is 4.80. The maximum absolute atomic E-state index is 13.2. The summed E-state index contributed by atoms with van der Waals surface area (Å²) < 4.78 is 3.64. The van der Waals surface area contributed by atoms with Gasteiger partial charge < -0.3 is 9.88 Å². The van der Waals surface area contributed by atoms with E-state index >= 15 is 0 Å². The molecule has 0 aliphatic heterocycles. The van der Waals surface area contributed by atoms with Crippen molar-refractivity contribution < 1.29 is 14.4 Å². The molecule has 3 saturated carbocycles. The highest BCUT2D eigenvalue weighted by molar-refractivity contribution is 6.00. The Hall–Kier alpha value is -3.02. The molecule has 162 valence electrons. The number of hydrogen-bond donors (Lipinski definition) is 1. The molecule has 3 fully saturated rings. The summed E-state index contributed by atoms with van der Waals surface area (Å²) in [5.41, 5.74) is 4.54. The fraction of sp³-hybridized carbons (Fsp3) is 0.458. The van der Waals surface area contributed by atoms with Crippen LogP contribution in [-0.4, -0.2) is 37.3 Å². The van der Waals surface area contributed by atoms with E-state index in [4.69, 9.17) is 9.59 Å². The second-order valence-corrected chi connectivity index (χ2v) is 10.2. The van der Waals surface area contributed by atoms with Crippen LogP contribution in [0.2, 0.25) is 0 Å². The van der Waals surface area contributed by atoms with Crippen LogP contribution in [0.3, 0.4) is 0 Å². The van der Waals surface area contributed by atoms with E-state index in [2.05, 4.69) is 49.4 Å².